The van der Waals surface area contributed by atoms with Crippen LogP contribution >= 0.6 is 35.0 Å². The highest BCUT2D eigenvalue weighted by atomic mass is 35.5. The summed E-state index contributed by atoms with van der Waals surface area (Å²) >= 11 is 13.3. The molecule has 0 spiro atoms. The van der Waals surface area contributed by atoms with Crippen LogP contribution in [0.25, 0.3) is 0 Å². The van der Waals surface area contributed by atoms with Crippen LogP contribution in [0.1, 0.15) is 28.7 Å². The number of aromatic nitrogens is 3. The van der Waals surface area contributed by atoms with Crippen LogP contribution in [-0.4, -0.2) is 32.3 Å². The maximum absolute atomic E-state index is 12.4. The van der Waals surface area contributed by atoms with Crippen LogP contribution in [0.3, 0.4) is 0 Å². The number of carbonyl (C=O) groups is 2. The van der Waals surface area contributed by atoms with Gasteiger partial charge in [0.25, 0.3) is 5.91 Å². The van der Waals surface area contributed by atoms with Crippen molar-refractivity contribution in [1.82, 2.24) is 20.1 Å². The predicted octanol–water partition coefficient (Wildman–Crippen LogP) is 4.57. The molecule has 2 N–H and O–H groups in total. The number of rotatable bonds is 8. The Balaban J connectivity index is 1.59. The smallest absolute Gasteiger partial charge is 0.253 e. The average Bonchev–Trinajstić information content (AvgIpc) is 3.14. The fraction of sp³-hybridized carbons (Fsp3) is 0.238. The third-order valence-electron chi connectivity index (χ3n) is 4.44. The summed E-state index contributed by atoms with van der Waals surface area (Å²) in [6.45, 7) is 4.66. The van der Waals surface area contributed by atoms with Gasteiger partial charge in [0.05, 0.1) is 22.9 Å². The molecule has 162 valence electrons. The summed E-state index contributed by atoms with van der Waals surface area (Å²) < 4.78 is 1.86. The topological polar surface area (TPSA) is 88.9 Å². The Kier molecular flexibility index (Phi) is 7.95. The van der Waals surface area contributed by atoms with E-state index in [9.17, 15) is 9.59 Å². The zero-order valence-electron chi connectivity index (χ0n) is 17.0. The minimum absolute atomic E-state index is 0.128. The summed E-state index contributed by atoms with van der Waals surface area (Å²) in [6.07, 6.45) is 0. The Morgan fingerprint density at radius 2 is 1.90 bits per heavy atom. The molecule has 0 aliphatic rings. The van der Waals surface area contributed by atoms with E-state index in [1.165, 1.54) is 17.8 Å². The number of benzene rings is 2. The molecule has 0 atom stereocenters. The quantitative estimate of drug-likeness (QED) is 0.463. The molecule has 0 unspecified atom stereocenters. The molecular formula is C21H21Cl2N5O2S. The number of amides is 2. The van der Waals surface area contributed by atoms with Crippen LogP contribution in [0, 0.1) is 6.92 Å². The summed E-state index contributed by atoms with van der Waals surface area (Å²) in [4.78, 5) is 24.7. The van der Waals surface area contributed by atoms with Crippen molar-refractivity contribution in [2.75, 3.05) is 11.1 Å². The van der Waals surface area contributed by atoms with E-state index in [1.807, 2.05) is 42.7 Å². The lowest BCUT2D eigenvalue weighted by Crippen LogP contribution is -2.25. The summed E-state index contributed by atoms with van der Waals surface area (Å²) in [6, 6.07) is 12.3. The van der Waals surface area contributed by atoms with E-state index in [4.69, 9.17) is 23.2 Å². The first-order chi connectivity index (χ1) is 14.9. The number of anilines is 1. The normalized spacial score (nSPS) is 10.7. The molecule has 0 bridgehead atoms. The van der Waals surface area contributed by atoms with Gasteiger partial charge in [-0.25, -0.2) is 0 Å². The second-order valence-electron chi connectivity index (χ2n) is 6.60. The highest BCUT2D eigenvalue weighted by molar-refractivity contribution is 7.99. The second kappa shape index (κ2) is 10.7. The Morgan fingerprint density at radius 3 is 2.61 bits per heavy atom. The van der Waals surface area contributed by atoms with Crippen LogP contribution in [0.4, 0.5) is 5.69 Å². The average molecular weight is 478 g/mol. The molecule has 7 nitrogen and oxygen atoms in total. The Bertz CT molecular complexity index is 1100. The van der Waals surface area contributed by atoms with E-state index in [0.29, 0.717) is 28.1 Å². The van der Waals surface area contributed by atoms with Crippen molar-refractivity contribution < 1.29 is 9.59 Å². The van der Waals surface area contributed by atoms with Crippen molar-refractivity contribution in [3.8, 4) is 0 Å². The Hall–Kier alpha value is -2.55. The minimum atomic E-state index is -0.334. The molecule has 1 aromatic heterocycles. The molecule has 0 aliphatic carbocycles. The lowest BCUT2D eigenvalue weighted by molar-refractivity contribution is -0.113. The Labute approximate surface area is 194 Å². The van der Waals surface area contributed by atoms with Crippen molar-refractivity contribution in [2.45, 2.75) is 32.1 Å². The Morgan fingerprint density at radius 1 is 1.13 bits per heavy atom. The lowest BCUT2D eigenvalue weighted by Gasteiger charge is -2.10. The molecule has 0 saturated carbocycles. The van der Waals surface area contributed by atoms with Gasteiger partial charge in [-0.15, -0.1) is 10.2 Å². The zero-order chi connectivity index (χ0) is 22.4. The standard InChI is InChI=1S/C21H21Cl2N5O2S/c1-3-28-18(11-24-20(30)15-9-8-14(22)10-16(15)23)26-27-21(28)31-12-19(29)25-17-7-5-4-6-13(17)2/h4-10H,3,11-12H2,1-2H3,(H,24,30)(H,25,29). The zero-order valence-corrected chi connectivity index (χ0v) is 19.3. The van der Waals surface area contributed by atoms with Gasteiger partial charge in [-0.1, -0.05) is 53.2 Å². The van der Waals surface area contributed by atoms with E-state index >= 15 is 0 Å². The maximum Gasteiger partial charge on any atom is 0.253 e. The highest BCUT2D eigenvalue weighted by Crippen LogP contribution is 2.22. The lowest BCUT2D eigenvalue weighted by atomic mass is 10.2. The minimum Gasteiger partial charge on any atom is -0.345 e. The van der Waals surface area contributed by atoms with Crippen LogP contribution in [0.5, 0.6) is 0 Å². The van der Waals surface area contributed by atoms with Gasteiger partial charge in [0.1, 0.15) is 0 Å². The first kappa shape index (κ1) is 23.1. The van der Waals surface area contributed by atoms with E-state index in [2.05, 4.69) is 20.8 Å². The van der Waals surface area contributed by atoms with Crippen molar-refractivity contribution in [2.24, 2.45) is 0 Å². The van der Waals surface area contributed by atoms with Crippen LogP contribution < -0.4 is 10.6 Å². The van der Waals surface area contributed by atoms with Gasteiger partial charge in [-0.3, -0.25) is 9.59 Å². The molecule has 10 heteroatoms. The van der Waals surface area contributed by atoms with Gasteiger partial charge in [0, 0.05) is 17.3 Å². The summed E-state index contributed by atoms with van der Waals surface area (Å²) in [5.41, 5.74) is 2.11. The second-order valence-corrected chi connectivity index (χ2v) is 8.39. The van der Waals surface area contributed by atoms with Crippen molar-refractivity contribution in [3.05, 3.63) is 69.5 Å². The van der Waals surface area contributed by atoms with E-state index in [0.717, 1.165) is 11.3 Å². The first-order valence-corrected chi connectivity index (χ1v) is 11.3. The maximum atomic E-state index is 12.4. The van der Waals surface area contributed by atoms with Gasteiger partial charge < -0.3 is 15.2 Å². The largest absolute Gasteiger partial charge is 0.345 e. The van der Waals surface area contributed by atoms with Crippen molar-refractivity contribution in [1.29, 1.82) is 0 Å². The van der Waals surface area contributed by atoms with Gasteiger partial charge in [0.15, 0.2) is 11.0 Å². The van der Waals surface area contributed by atoms with Crippen LogP contribution in [0.2, 0.25) is 10.0 Å². The molecule has 3 rings (SSSR count). The van der Waals surface area contributed by atoms with Gasteiger partial charge in [0.2, 0.25) is 5.91 Å². The first-order valence-electron chi connectivity index (χ1n) is 9.52. The number of para-hydroxylation sites is 1. The number of carbonyl (C=O) groups excluding carboxylic acids is 2. The number of aryl methyl sites for hydroxylation is 1. The predicted molar refractivity (Wildman–Crippen MR) is 124 cm³/mol. The number of nitrogens with one attached hydrogen (secondary N) is 2. The van der Waals surface area contributed by atoms with Crippen molar-refractivity contribution in [3.63, 3.8) is 0 Å². The third kappa shape index (κ3) is 6.00. The van der Waals surface area contributed by atoms with Crippen molar-refractivity contribution >= 4 is 52.5 Å². The molecule has 0 radical (unpaired) electrons. The monoisotopic (exact) mass is 477 g/mol. The number of hydrogen-bond acceptors (Lipinski definition) is 5. The fourth-order valence-electron chi connectivity index (χ4n) is 2.83. The number of nitrogens with zero attached hydrogens (tertiary/aromatic N) is 3. The molecule has 0 aliphatic heterocycles. The summed E-state index contributed by atoms with van der Waals surface area (Å²) in [5.74, 6) is 0.318. The van der Waals surface area contributed by atoms with Gasteiger partial charge in [-0.2, -0.15) is 0 Å². The third-order valence-corrected chi connectivity index (χ3v) is 5.96. The van der Waals surface area contributed by atoms with E-state index < -0.39 is 0 Å². The SMILES string of the molecule is CCn1c(CNC(=O)c2ccc(Cl)cc2Cl)nnc1SCC(=O)Nc1ccccc1C. The van der Waals surface area contributed by atoms with E-state index in [-0.39, 0.29) is 29.1 Å². The summed E-state index contributed by atoms with van der Waals surface area (Å²) in [5, 5.41) is 15.3. The number of thioether (sulfide) groups is 1. The summed E-state index contributed by atoms with van der Waals surface area (Å²) in [7, 11) is 0. The van der Waals surface area contributed by atoms with E-state index in [1.54, 1.807) is 12.1 Å². The van der Waals surface area contributed by atoms with Crippen LogP contribution in [-0.2, 0) is 17.9 Å². The molecule has 0 fully saturated rings. The van der Waals surface area contributed by atoms with Gasteiger partial charge in [-0.05, 0) is 43.7 Å². The fourth-order valence-corrected chi connectivity index (χ4v) is 4.15. The molecule has 0 saturated heterocycles. The van der Waals surface area contributed by atoms with Gasteiger partial charge >= 0.3 is 0 Å². The highest BCUT2D eigenvalue weighted by Gasteiger charge is 2.16. The number of halogens is 2. The molecule has 31 heavy (non-hydrogen) atoms. The molecule has 2 aromatic carbocycles. The molecule has 2 amide bonds. The van der Waals surface area contributed by atoms with Crippen LogP contribution in [0.15, 0.2) is 47.6 Å². The molecule has 1 heterocycles. The molecule has 3 aromatic rings. The molecular weight excluding hydrogens is 457 g/mol. The number of hydrogen-bond donors (Lipinski definition) is 2.